The number of aromatic amines is 1. The van der Waals surface area contributed by atoms with Crippen LogP contribution in [0.5, 0.6) is 0 Å². The lowest BCUT2D eigenvalue weighted by atomic mass is 10.6. The Balaban J connectivity index is 3.20. The molecule has 1 aromatic heterocycles. The number of aromatic nitrogens is 2. The summed E-state index contributed by atoms with van der Waals surface area (Å²) in [5, 5.41) is 2.70. The number of nitrogens with one attached hydrogen (secondary N) is 1. The molecule has 0 radical (unpaired) electrons. The van der Waals surface area contributed by atoms with E-state index in [9.17, 15) is 4.79 Å². The molecule has 0 spiro atoms. The van der Waals surface area contributed by atoms with Gasteiger partial charge in [-0.2, -0.15) is 0 Å². The summed E-state index contributed by atoms with van der Waals surface area (Å²) >= 11 is 0. The van der Waals surface area contributed by atoms with Crippen molar-refractivity contribution < 1.29 is 0 Å². The van der Waals surface area contributed by atoms with Gasteiger partial charge in [-0.3, -0.25) is 9.48 Å². The Bertz CT molecular complexity index is 247. The van der Waals surface area contributed by atoms with Crippen molar-refractivity contribution in [2.75, 3.05) is 5.73 Å². The predicted molar refractivity (Wildman–Crippen MR) is 35.1 cm³/mol. The predicted octanol–water partition coefficient (Wildman–Crippen LogP) is -0.221. The van der Waals surface area contributed by atoms with E-state index in [1.807, 2.05) is 6.92 Å². The summed E-state index contributed by atoms with van der Waals surface area (Å²) in [4.78, 5) is 10.8. The van der Waals surface area contributed by atoms with Crippen LogP contribution < -0.4 is 11.3 Å². The van der Waals surface area contributed by atoms with Gasteiger partial charge in [0, 0.05) is 12.7 Å². The highest BCUT2D eigenvalue weighted by molar-refractivity contribution is 5.30. The smallest absolute Gasteiger partial charge is 0.289 e. The molecule has 4 heteroatoms. The molecule has 0 unspecified atom stereocenters. The molecule has 0 saturated carbocycles. The van der Waals surface area contributed by atoms with Gasteiger partial charge in [0.1, 0.15) is 5.69 Å². The van der Waals surface area contributed by atoms with Gasteiger partial charge in [-0.1, -0.05) is 0 Å². The van der Waals surface area contributed by atoms with Gasteiger partial charge in [0.05, 0.1) is 0 Å². The third-order valence-electron chi connectivity index (χ3n) is 1.18. The highest BCUT2D eigenvalue weighted by Gasteiger charge is 1.96. The van der Waals surface area contributed by atoms with Crippen LogP contribution in [0.4, 0.5) is 5.69 Å². The lowest BCUT2D eigenvalue weighted by Crippen LogP contribution is -2.17. The van der Waals surface area contributed by atoms with Crippen LogP contribution in [0.1, 0.15) is 6.92 Å². The van der Waals surface area contributed by atoms with E-state index < -0.39 is 0 Å². The molecule has 1 aromatic rings. The first kappa shape index (κ1) is 5.94. The quantitative estimate of drug-likeness (QED) is 0.547. The van der Waals surface area contributed by atoms with E-state index in [-0.39, 0.29) is 11.2 Å². The summed E-state index contributed by atoms with van der Waals surface area (Å²) in [6.45, 7) is 2.51. The molecule has 0 bridgehead atoms. The van der Waals surface area contributed by atoms with Crippen molar-refractivity contribution in [2.24, 2.45) is 0 Å². The summed E-state index contributed by atoms with van der Waals surface area (Å²) in [7, 11) is 0. The van der Waals surface area contributed by atoms with E-state index in [4.69, 9.17) is 5.73 Å². The van der Waals surface area contributed by atoms with Gasteiger partial charge in [0.15, 0.2) is 0 Å². The number of hydrogen-bond donors (Lipinski definition) is 2. The number of nitrogen functional groups attached to an aromatic ring is 1. The molecule has 3 N–H and O–H groups in total. The minimum atomic E-state index is -0.141. The second-order valence-corrected chi connectivity index (χ2v) is 1.78. The average molecular weight is 127 g/mol. The molecule has 9 heavy (non-hydrogen) atoms. The molecule has 4 nitrogen and oxygen atoms in total. The van der Waals surface area contributed by atoms with Gasteiger partial charge in [-0.15, -0.1) is 0 Å². The number of anilines is 1. The van der Waals surface area contributed by atoms with Crippen molar-refractivity contribution in [3.8, 4) is 0 Å². The van der Waals surface area contributed by atoms with Gasteiger partial charge in [0.25, 0.3) is 5.56 Å². The summed E-state index contributed by atoms with van der Waals surface area (Å²) in [5.41, 5.74) is 5.39. The number of nitrogens with zero attached hydrogens (tertiary/aromatic N) is 1. The second kappa shape index (κ2) is 1.97. The fourth-order valence-corrected chi connectivity index (χ4v) is 0.659. The standard InChI is InChI=1S/C5H9N3O/c1-2-8-5(9)4(6)3-7-8/h3,7H,2,6H2,1H3. The summed E-state index contributed by atoms with van der Waals surface area (Å²) < 4.78 is 1.44. The maximum absolute atomic E-state index is 10.8. The lowest BCUT2D eigenvalue weighted by Gasteiger charge is -1.89. The molecule has 1 rings (SSSR count). The van der Waals surface area contributed by atoms with Gasteiger partial charge in [-0.25, -0.2) is 0 Å². The molecule has 0 saturated heterocycles. The Hall–Kier alpha value is -1.19. The van der Waals surface area contributed by atoms with E-state index in [0.717, 1.165) is 0 Å². The van der Waals surface area contributed by atoms with Crippen LogP contribution in [0.15, 0.2) is 11.0 Å². The van der Waals surface area contributed by atoms with Crippen molar-refractivity contribution in [2.45, 2.75) is 13.5 Å². The van der Waals surface area contributed by atoms with Gasteiger partial charge in [0.2, 0.25) is 0 Å². The van der Waals surface area contributed by atoms with E-state index in [1.165, 1.54) is 10.9 Å². The van der Waals surface area contributed by atoms with Gasteiger partial charge >= 0.3 is 0 Å². The number of H-pyrrole nitrogens is 1. The molecule has 0 amide bonds. The van der Waals surface area contributed by atoms with Crippen LogP contribution in [0, 0.1) is 0 Å². The third-order valence-corrected chi connectivity index (χ3v) is 1.18. The van der Waals surface area contributed by atoms with Crippen molar-refractivity contribution in [3.05, 3.63) is 16.6 Å². The summed E-state index contributed by atoms with van der Waals surface area (Å²) in [6, 6.07) is 0. The first-order chi connectivity index (χ1) is 4.25. The average Bonchev–Trinajstić information content (AvgIpc) is 2.15. The molecule has 0 aliphatic heterocycles. The molecule has 0 fully saturated rings. The highest BCUT2D eigenvalue weighted by Crippen LogP contribution is 1.86. The summed E-state index contributed by atoms with van der Waals surface area (Å²) in [5.74, 6) is 0. The Morgan fingerprint density at radius 3 is 2.78 bits per heavy atom. The fraction of sp³-hybridized carbons (Fsp3) is 0.400. The molecular weight excluding hydrogens is 118 g/mol. The number of nitrogens with two attached hydrogens (primary N) is 1. The number of aryl methyl sites for hydroxylation is 1. The van der Waals surface area contributed by atoms with E-state index in [1.54, 1.807) is 0 Å². The third kappa shape index (κ3) is 0.826. The minimum Gasteiger partial charge on any atom is -0.393 e. The maximum Gasteiger partial charge on any atom is 0.289 e. The molecule has 0 aliphatic rings. The van der Waals surface area contributed by atoms with E-state index in [0.29, 0.717) is 6.54 Å². The van der Waals surface area contributed by atoms with Crippen LogP contribution in [0.2, 0.25) is 0 Å². The van der Waals surface area contributed by atoms with Crippen molar-refractivity contribution in [1.29, 1.82) is 0 Å². The van der Waals surface area contributed by atoms with Crippen LogP contribution in [-0.2, 0) is 6.54 Å². The lowest BCUT2D eigenvalue weighted by molar-refractivity contribution is 0.638. The van der Waals surface area contributed by atoms with Crippen molar-refractivity contribution in [1.82, 2.24) is 9.78 Å². The zero-order valence-corrected chi connectivity index (χ0v) is 5.22. The van der Waals surface area contributed by atoms with Crippen molar-refractivity contribution in [3.63, 3.8) is 0 Å². The Morgan fingerprint density at radius 2 is 2.56 bits per heavy atom. The topological polar surface area (TPSA) is 63.8 Å². The zero-order valence-electron chi connectivity index (χ0n) is 5.22. The molecular formula is C5H9N3O. The molecule has 50 valence electrons. The van der Waals surface area contributed by atoms with Gasteiger partial charge in [-0.05, 0) is 6.92 Å². The Morgan fingerprint density at radius 1 is 1.89 bits per heavy atom. The SMILES string of the molecule is CCn1[nH]cc(N)c1=O. The van der Waals surface area contributed by atoms with E-state index >= 15 is 0 Å². The minimum absolute atomic E-state index is 0.141. The Labute approximate surface area is 52.3 Å². The normalized spacial score (nSPS) is 9.89. The fourth-order valence-electron chi connectivity index (χ4n) is 0.659. The van der Waals surface area contributed by atoms with Crippen LogP contribution >= 0.6 is 0 Å². The second-order valence-electron chi connectivity index (χ2n) is 1.78. The summed E-state index contributed by atoms with van der Waals surface area (Å²) in [6.07, 6.45) is 1.49. The number of rotatable bonds is 1. The van der Waals surface area contributed by atoms with Gasteiger partial charge < -0.3 is 10.8 Å². The zero-order chi connectivity index (χ0) is 6.85. The first-order valence-corrected chi connectivity index (χ1v) is 2.79. The molecule has 0 atom stereocenters. The molecule has 0 aliphatic carbocycles. The van der Waals surface area contributed by atoms with Crippen LogP contribution in [0.25, 0.3) is 0 Å². The maximum atomic E-state index is 10.8. The number of hydrogen-bond acceptors (Lipinski definition) is 2. The monoisotopic (exact) mass is 127 g/mol. The van der Waals surface area contributed by atoms with Crippen molar-refractivity contribution >= 4 is 5.69 Å². The first-order valence-electron chi connectivity index (χ1n) is 2.79. The molecule has 0 aromatic carbocycles. The van der Waals surface area contributed by atoms with Crippen LogP contribution in [0.3, 0.4) is 0 Å². The van der Waals surface area contributed by atoms with Crippen LogP contribution in [-0.4, -0.2) is 9.78 Å². The Kier molecular flexibility index (Phi) is 1.30. The highest BCUT2D eigenvalue weighted by atomic mass is 16.1. The largest absolute Gasteiger partial charge is 0.393 e. The van der Waals surface area contributed by atoms with E-state index in [2.05, 4.69) is 5.10 Å². The molecule has 1 heterocycles.